The minimum atomic E-state index is -3.34. The van der Waals surface area contributed by atoms with Gasteiger partial charge in [0.1, 0.15) is 0 Å². The number of non-ortho nitro benzene ring substituents is 1. The molecule has 0 saturated heterocycles. The maximum atomic E-state index is 11.9. The maximum absolute atomic E-state index is 11.9. The third-order valence-electron chi connectivity index (χ3n) is 2.97. The van der Waals surface area contributed by atoms with Gasteiger partial charge in [0.25, 0.3) is 5.69 Å². The van der Waals surface area contributed by atoms with Crippen LogP contribution >= 0.6 is 0 Å². The van der Waals surface area contributed by atoms with Crippen molar-refractivity contribution in [2.75, 3.05) is 16.3 Å². The smallest absolute Gasteiger partial charge is 0.271 e. The van der Waals surface area contributed by atoms with Gasteiger partial charge in [-0.05, 0) is 29.8 Å². The molecule has 0 aliphatic rings. The van der Waals surface area contributed by atoms with Crippen LogP contribution in [0.4, 0.5) is 17.1 Å². The minimum absolute atomic E-state index is 0.115. The first-order valence-corrected chi connectivity index (χ1v) is 8.93. The Hall–Kier alpha value is -3.20. The highest BCUT2D eigenvalue weighted by Gasteiger charge is 2.06. The van der Waals surface area contributed by atoms with E-state index in [9.17, 15) is 23.3 Å². The van der Waals surface area contributed by atoms with Crippen molar-refractivity contribution in [3.8, 4) is 0 Å². The molecule has 0 aliphatic carbocycles. The first-order valence-electron chi connectivity index (χ1n) is 7.04. The zero-order chi connectivity index (χ0) is 18.4. The van der Waals surface area contributed by atoms with E-state index in [2.05, 4.69) is 10.0 Å². The van der Waals surface area contributed by atoms with Crippen LogP contribution in [-0.2, 0) is 14.8 Å². The van der Waals surface area contributed by atoms with E-state index < -0.39 is 20.9 Å². The zero-order valence-electron chi connectivity index (χ0n) is 13.2. The average Bonchev–Trinajstić information content (AvgIpc) is 2.53. The van der Waals surface area contributed by atoms with Gasteiger partial charge in [-0.1, -0.05) is 18.2 Å². The van der Waals surface area contributed by atoms with E-state index in [0.717, 1.165) is 6.26 Å². The largest absolute Gasteiger partial charge is 0.322 e. The van der Waals surface area contributed by atoms with E-state index in [-0.39, 0.29) is 5.69 Å². The highest BCUT2D eigenvalue weighted by atomic mass is 32.2. The summed E-state index contributed by atoms with van der Waals surface area (Å²) in [4.78, 5) is 22.0. The fourth-order valence-corrected chi connectivity index (χ4v) is 2.49. The quantitative estimate of drug-likeness (QED) is 0.466. The molecule has 0 spiro atoms. The van der Waals surface area contributed by atoms with E-state index in [1.54, 1.807) is 30.3 Å². The summed E-state index contributed by atoms with van der Waals surface area (Å²) in [5.41, 5.74) is 1.31. The molecule has 0 radical (unpaired) electrons. The van der Waals surface area contributed by atoms with Crippen LogP contribution in [-0.4, -0.2) is 25.5 Å². The summed E-state index contributed by atoms with van der Waals surface area (Å²) in [6.07, 6.45) is 3.87. The highest BCUT2D eigenvalue weighted by molar-refractivity contribution is 7.92. The van der Waals surface area contributed by atoms with E-state index in [0.29, 0.717) is 16.9 Å². The van der Waals surface area contributed by atoms with Crippen molar-refractivity contribution in [1.82, 2.24) is 0 Å². The number of carbonyl (C=O) groups is 1. The fourth-order valence-electron chi connectivity index (χ4n) is 1.93. The van der Waals surface area contributed by atoms with Gasteiger partial charge in [-0.25, -0.2) is 8.42 Å². The van der Waals surface area contributed by atoms with Gasteiger partial charge in [0.05, 0.1) is 11.2 Å². The molecular formula is C16H15N3O5S. The first kappa shape index (κ1) is 18.1. The molecule has 0 atom stereocenters. The number of sulfonamides is 1. The molecule has 9 heteroatoms. The maximum Gasteiger partial charge on any atom is 0.271 e. The van der Waals surface area contributed by atoms with Gasteiger partial charge in [0.2, 0.25) is 15.9 Å². The molecule has 2 aromatic rings. The highest BCUT2D eigenvalue weighted by Crippen LogP contribution is 2.17. The van der Waals surface area contributed by atoms with Gasteiger partial charge < -0.3 is 5.32 Å². The lowest BCUT2D eigenvalue weighted by molar-refractivity contribution is -0.384. The Labute approximate surface area is 144 Å². The molecule has 0 unspecified atom stereocenters. The normalized spacial score (nSPS) is 11.2. The number of benzene rings is 2. The number of hydrogen-bond donors (Lipinski definition) is 2. The van der Waals surface area contributed by atoms with Gasteiger partial charge in [-0.3, -0.25) is 19.6 Å². The molecule has 0 heterocycles. The van der Waals surface area contributed by atoms with E-state index >= 15 is 0 Å². The van der Waals surface area contributed by atoms with Crippen molar-refractivity contribution in [3.63, 3.8) is 0 Å². The molecule has 0 bridgehead atoms. The molecule has 0 saturated carbocycles. The van der Waals surface area contributed by atoms with Crippen LogP contribution in [0.5, 0.6) is 0 Å². The predicted octanol–water partition coefficient (Wildman–Crippen LogP) is 2.62. The summed E-state index contributed by atoms with van der Waals surface area (Å²) in [5, 5.41) is 13.2. The Kier molecular flexibility index (Phi) is 5.50. The lowest BCUT2D eigenvalue weighted by Crippen LogP contribution is -2.09. The SMILES string of the molecule is CS(=O)(=O)Nc1ccc(/C=C/C(=O)Nc2cccc([N+](=O)[O-])c2)cc1. The van der Waals surface area contributed by atoms with Gasteiger partial charge >= 0.3 is 0 Å². The molecule has 25 heavy (non-hydrogen) atoms. The molecular weight excluding hydrogens is 346 g/mol. The summed E-state index contributed by atoms with van der Waals surface area (Å²) in [5.74, 6) is -0.446. The summed E-state index contributed by atoms with van der Waals surface area (Å²) in [6, 6.07) is 12.0. The number of hydrogen-bond acceptors (Lipinski definition) is 5. The van der Waals surface area contributed by atoms with Crippen LogP contribution in [0.15, 0.2) is 54.6 Å². The number of anilines is 2. The molecule has 1 amide bonds. The number of rotatable bonds is 6. The number of nitro benzene ring substituents is 1. The van der Waals surface area contributed by atoms with Crippen LogP contribution in [0, 0.1) is 10.1 Å². The third kappa shape index (κ3) is 6.07. The van der Waals surface area contributed by atoms with Gasteiger partial charge in [-0.15, -0.1) is 0 Å². The van der Waals surface area contributed by atoms with Crippen molar-refractivity contribution in [2.45, 2.75) is 0 Å². The van der Waals surface area contributed by atoms with E-state index in [4.69, 9.17) is 0 Å². The van der Waals surface area contributed by atoms with Crippen molar-refractivity contribution in [2.24, 2.45) is 0 Å². The second kappa shape index (κ2) is 7.58. The van der Waals surface area contributed by atoms with Gasteiger partial charge in [0, 0.05) is 29.6 Å². The Morgan fingerprint density at radius 3 is 2.40 bits per heavy atom. The number of nitrogens with one attached hydrogen (secondary N) is 2. The molecule has 0 aliphatic heterocycles. The lowest BCUT2D eigenvalue weighted by atomic mass is 10.2. The first-order chi connectivity index (χ1) is 11.7. The molecule has 2 rings (SSSR count). The number of carbonyl (C=O) groups excluding carboxylic acids is 1. The van der Waals surface area contributed by atoms with Crippen LogP contribution in [0.25, 0.3) is 6.08 Å². The van der Waals surface area contributed by atoms with Gasteiger partial charge in [-0.2, -0.15) is 0 Å². The number of nitro groups is 1. The van der Waals surface area contributed by atoms with Gasteiger partial charge in [0.15, 0.2) is 0 Å². The van der Waals surface area contributed by atoms with Crippen molar-refractivity contribution in [3.05, 3.63) is 70.3 Å². The van der Waals surface area contributed by atoms with E-state index in [1.165, 1.54) is 30.4 Å². The van der Waals surface area contributed by atoms with Crippen molar-refractivity contribution < 1.29 is 18.1 Å². The topological polar surface area (TPSA) is 118 Å². The number of amides is 1. The summed E-state index contributed by atoms with van der Waals surface area (Å²) in [7, 11) is -3.34. The summed E-state index contributed by atoms with van der Waals surface area (Å²) in [6.45, 7) is 0. The van der Waals surface area contributed by atoms with Crippen LogP contribution in [0.3, 0.4) is 0 Å². The second-order valence-corrected chi connectivity index (χ2v) is 6.87. The fraction of sp³-hybridized carbons (Fsp3) is 0.0625. The second-order valence-electron chi connectivity index (χ2n) is 5.13. The Bertz CT molecular complexity index is 921. The molecule has 0 aromatic heterocycles. The van der Waals surface area contributed by atoms with Crippen molar-refractivity contribution in [1.29, 1.82) is 0 Å². The van der Waals surface area contributed by atoms with Crippen LogP contribution in [0.2, 0.25) is 0 Å². The van der Waals surface area contributed by atoms with Crippen molar-refractivity contribution >= 4 is 39.1 Å². The molecule has 8 nitrogen and oxygen atoms in total. The third-order valence-corrected chi connectivity index (χ3v) is 3.57. The molecule has 2 N–H and O–H groups in total. The summed E-state index contributed by atoms with van der Waals surface area (Å²) < 4.78 is 24.6. The zero-order valence-corrected chi connectivity index (χ0v) is 14.0. The number of nitrogens with zero attached hydrogens (tertiary/aromatic N) is 1. The summed E-state index contributed by atoms with van der Waals surface area (Å²) >= 11 is 0. The Balaban J connectivity index is 2.00. The Morgan fingerprint density at radius 1 is 1.12 bits per heavy atom. The lowest BCUT2D eigenvalue weighted by Gasteiger charge is -2.04. The molecule has 0 fully saturated rings. The predicted molar refractivity (Wildman–Crippen MR) is 95.7 cm³/mol. The minimum Gasteiger partial charge on any atom is -0.322 e. The van der Waals surface area contributed by atoms with E-state index in [1.807, 2.05) is 0 Å². The average molecular weight is 361 g/mol. The molecule has 2 aromatic carbocycles. The van der Waals surface area contributed by atoms with Crippen LogP contribution in [0.1, 0.15) is 5.56 Å². The monoisotopic (exact) mass is 361 g/mol. The standard InChI is InChI=1S/C16H15N3O5S/c1-25(23,24)18-13-8-5-12(6-9-13)7-10-16(20)17-14-3-2-4-15(11-14)19(21)22/h2-11,18H,1H3,(H,17,20)/b10-7+. The van der Waals surface area contributed by atoms with Crippen LogP contribution < -0.4 is 10.0 Å². The Morgan fingerprint density at radius 2 is 1.80 bits per heavy atom. The molecule has 130 valence electrons.